The number of hydrogen-bond donors (Lipinski definition) is 0. The molecule has 1 aromatic heterocycles. The average Bonchev–Trinajstić information content (AvgIpc) is 2.66. The van der Waals surface area contributed by atoms with Crippen LogP contribution in [0.3, 0.4) is 0 Å². The Hall–Kier alpha value is -2.34. The number of piperazine rings is 1. The second-order valence-corrected chi connectivity index (χ2v) is 7.35. The van der Waals surface area contributed by atoms with Crippen molar-refractivity contribution in [3.8, 4) is 0 Å². The van der Waals surface area contributed by atoms with Gasteiger partial charge in [0.25, 0.3) is 0 Å². The Morgan fingerprint density at radius 1 is 1.20 bits per heavy atom. The summed E-state index contributed by atoms with van der Waals surface area (Å²) in [4.78, 5) is 33.8. The van der Waals surface area contributed by atoms with E-state index in [1.807, 2.05) is 29.2 Å². The summed E-state index contributed by atoms with van der Waals surface area (Å²) in [6, 6.07) is 12.0. The molecule has 1 aromatic carbocycles. The van der Waals surface area contributed by atoms with Gasteiger partial charge in [0.2, 0.25) is 11.8 Å². The monoisotopic (exact) mass is 353 g/mol. The Labute approximate surface area is 151 Å². The maximum atomic E-state index is 12.6. The molecule has 3 heterocycles. The minimum Gasteiger partial charge on any atom is -0.332 e. The number of carbonyl (C=O) groups excluding carboxylic acids is 2. The van der Waals surface area contributed by atoms with Crippen LogP contribution in [0.15, 0.2) is 53.7 Å². The van der Waals surface area contributed by atoms with Crippen LogP contribution in [0.1, 0.15) is 17.2 Å². The van der Waals surface area contributed by atoms with Gasteiger partial charge in [-0.2, -0.15) is 0 Å². The second-order valence-electron chi connectivity index (χ2n) is 6.30. The van der Waals surface area contributed by atoms with Crippen molar-refractivity contribution >= 4 is 23.6 Å². The molecule has 6 heteroatoms. The SMILES string of the molecule is O=C(CSc1ccncc1)N1CC(=O)N2CCc3ccccc3C2C1. The molecule has 25 heavy (non-hydrogen) atoms. The Balaban J connectivity index is 1.48. The number of fused-ring (bicyclic) bond motifs is 3. The maximum Gasteiger partial charge on any atom is 0.242 e. The van der Waals surface area contributed by atoms with E-state index in [4.69, 9.17) is 0 Å². The summed E-state index contributed by atoms with van der Waals surface area (Å²) < 4.78 is 0. The number of benzene rings is 1. The highest BCUT2D eigenvalue weighted by molar-refractivity contribution is 8.00. The minimum atomic E-state index is -0.0129. The molecule has 1 atom stereocenters. The molecule has 0 saturated carbocycles. The minimum absolute atomic E-state index is 0.0119. The Bertz CT molecular complexity index is 796. The molecule has 1 unspecified atom stereocenters. The molecule has 1 saturated heterocycles. The fraction of sp³-hybridized carbons (Fsp3) is 0.316. The summed E-state index contributed by atoms with van der Waals surface area (Å²) in [7, 11) is 0. The molecule has 0 bridgehead atoms. The number of rotatable bonds is 3. The summed E-state index contributed by atoms with van der Waals surface area (Å²) >= 11 is 1.48. The van der Waals surface area contributed by atoms with Gasteiger partial charge in [-0.15, -0.1) is 11.8 Å². The standard InChI is InChI=1S/C19H19N3O2S/c23-18-12-21(19(24)13-25-15-5-8-20-9-6-15)11-17-16-4-2-1-3-14(16)7-10-22(17)18/h1-6,8-9,17H,7,10-13H2. The zero-order valence-corrected chi connectivity index (χ0v) is 14.6. The van der Waals surface area contributed by atoms with Crippen LogP contribution in [0.5, 0.6) is 0 Å². The first-order valence-electron chi connectivity index (χ1n) is 8.40. The lowest BCUT2D eigenvalue weighted by atomic mass is 9.91. The first-order valence-corrected chi connectivity index (χ1v) is 9.39. The van der Waals surface area contributed by atoms with Gasteiger partial charge in [-0.25, -0.2) is 0 Å². The molecule has 0 aliphatic carbocycles. The largest absolute Gasteiger partial charge is 0.332 e. The number of aromatic nitrogens is 1. The molecule has 2 amide bonds. The van der Waals surface area contributed by atoms with Crippen molar-refractivity contribution in [2.75, 3.05) is 25.4 Å². The highest BCUT2D eigenvalue weighted by Crippen LogP contribution is 2.33. The van der Waals surface area contributed by atoms with E-state index in [-0.39, 0.29) is 24.4 Å². The van der Waals surface area contributed by atoms with Gasteiger partial charge in [-0.1, -0.05) is 24.3 Å². The number of pyridine rings is 1. The zero-order valence-electron chi connectivity index (χ0n) is 13.8. The third kappa shape index (κ3) is 3.26. The third-order valence-electron chi connectivity index (χ3n) is 4.82. The Kier molecular flexibility index (Phi) is 4.44. The number of nitrogens with zero attached hydrogens (tertiary/aromatic N) is 3. The van der Waals surface area contributed by atoms with Gasteiger partial charge < -0.3 is 9.80 Å². The highest BCUT2D eigenvalue weighted by atomic mass is 32.2. The summed E-state index contributed by atoms with van der Waals surface area (Å²) in [5, 5.41) is 0. The van der Waals surface area contributed by atoms with Crippen LogP contribution < -0.4 is 0 Å². The fourth-order valence-corrected chi connectivity index (χ4v) is 4.32. The van der Waals surface area contributed by atoms with Crippen molar-refractivity contribution < 1.29 is 9.59 Å². The van der Waals surface area contributed by atoms with Crippen molar-refractivity contribution in [3.05, 3.63) is 59.9 Å². The molecule has 1 fully saturated rings. The van der Waals surface area contributed by atoms with Crippen LogP contribution in [-0.2, 0) is 16.0 Å². The molecule has 5 nitrogen and oxygen atoms in total. The first kappa shape index (κ1) is 16.1. The predicted octanol–water partition coefficient (Wildman–Crippen LogP) is 2.14. The lowest BCUT2D eigenvalue weighted by molar-refractivity contribution is -0.148. The van der Waals surface area contributed by atoms with Gasteiger partial charge in [0.15, 0.2) is 0 Å². The molecule has 4 rings (SSSR count). The zero-order chi connectivity index (χ0) is 17.2. The fourth-order valence-electron chi connectivity index (χ4n) is 3.54. The van der Waals surface area contributed by atoms with E-state index in [9.17, 15) is 9.59 Å². The van der Waals surface area contributed by atoms with Crippen molar-refractivity contribution in [3.63, 3.8) is 0 Å². The van der Waals surface area contributed by atoms with E-state index in [0.717, 1.165) is 17.9 Å². The molecular weight excluding hydrogens is 334 g/mol. The molecule has 2 aromatic rings. The topological polar surface area (TPSA) is 53.5 Å². The van der Waals surface area contributed by atoms with Crippen LogP contribution in [0.4, 0.5) is 0 Å². The Morgan fingerprint density at radius 3 is 2.84 bits per heavy atom. The van der Waals surface area contributed by atoms with Gasteiger partial charge in [0.1, 0.15) is 0 Å². The van der Waals surface area contributed by atoms with Crippen LogP contribution in [-0.4, -0.2) is 52.0 Å². The predicted molar refractivity (Wildman–Crippen MR) is 96.1 cm³/mol. The van der Waals surface area contributed by atoms with Gasteiger partial charge in [0, 0.05) is 30.4 Å². The number of thioether (sulfide) groups is 1. The summed E-state index contributed by atoms with van der Waals surface area (Å²) in [5.74, 6) is 0.400. The molecule has 2 aliphatic heterocycles. The number of amides is 2. The average molecular weight is 353 g/mol. The van der Waals surface area contributed by atoms with E-state index in [1.165, 1.54) is 22.9 Å². The van der Waals surface area contributed by atoms with Gasteiger partial charge in [0.05, 0.1) is 18.3 Å². The highest BCUT2D eigenvalue weighted by Gasteiger charge is 2.38. The molecular formula is C19H19N3O2S. The van der Waals surface area contributed by atoms with Crippen molar-refractivity contribution in [1.82, 2.24) is 14.8 Å². The third-order valence-corrected chi connectivity index (χ3v) is 5.81. The second kappa shape index (κ2) is 6.88. The van der Waals surface area contributed by atoms with Crippen LogP contribution >= 0.6 is 11.8 Å². The van der Waals surface area contributed by atoms with E-state index in [0.29, 0.717) is 12.3 Å². The quantitative estimate of drug-likeness (QED) is 0.794. The van der Waals surface area contributed by atoms with E-state index in [2.05, 4.69) is 17.1 Å². The number of carbonyl (C=O) groups is 2. The molecule has 0 N–H and O–H groups in total. The maximum absolute atomic E-state index is 12.6. The molecule has 2 aliphatic rings. The van der Waals surface area contributed by atoms with Crippen molar-refractivity contribution in [1.29, 1.82) is 0 Å². The first-order chi connectivity index (χ1) is 12.2. The lowest BCUT2D eigenvalue weighted by Crippen LogP contribution is -2.56. The molecule has 128 valence electrons. The lowest BCUT2D eigenvalue weighted by Gasteiger charge is -2.44. The van der Waals surface area contributed by atoms with E-state index >= 15 is 0 Å². The smallest absolute Gasteiger partial charge is 0.242 e. The van der Waals surface area contributed by atoms with Crippen LogP contribution in [0.2, 0.25) is 0 Å². The van der Waals surface area contributed by atoms with E-state index in [1.54, 1.807) is 17.3 Å². The molecule has 0 spiro atoms. The Morgan fingerprint density at radius 2 is 2.00 bits per heavy atom. The summed E-state index contributed by atoms with van der Waals surface area (Å²) in [6.45, 7) is 1.52. The van der Waals surface area contributed by atoms with Gasteiger partial charge in [-0.3, -0.25) is 14.6 Å². The van der Waals surface area contributed by atoms with Gasteiger partial charge in [-0.05, 0) is 29.7 Å². The van der Waals surface area contributed by atoms with Crippen LogP contribution in [0, 0.1) is 0 Å². The number of hydrogen-bond acceptors (Lipinski definition) is 4. The molecule has 0 radical (unpaired) electrons. The van der Waals surface area contributed by atoms with Crippen molar-refractivity contribution in [2.45, 2.75) is 17.4 Å². The van der Waals surface area contributed by atoms with Gasteiger partial charge >= 0.3 is 0 Å². The summed E-state index contributed by atoms with van der Waals surface area (Å²) in [6.07, 6.45) is 4.33. The summed E-state index contributed by atoms with van der Waals surface area (Å²) in [5.41, 5.74) is 2.47. The van der Waals surface area contributed by atoms with Crippen molar-refractivity contribution in [2.24, 2.45) is 0 Å². The normalized spacial score (nSPS) is 19.4. The van der Waals surface area contributed by atoms with E-state index < -0.39 is 0 Å². The van der Waals surface area contributed by atoms with Crippen LogP contribution in [0.25, 0.3) is 0 Å².